The lowest BCUT2D eigenvalue weighted by molar-refractivity contribution is 0.584. The van der Waals surface area contributed by atoms with E-state index in [0.717, 1.165) is 44.5 Å². The second-order valence-electron chi connectivity index (χ2n) is 9.21. The van der Waals surface area contributed by atoms with Crippen LogP contribution in [0.1, 0.15) is 67.6 Å². The van der Waals surface area contributed by atoms with E-state index in [1.807, 2.05) is 13.0 Å². The zero-order chi connectivity index (χ0) is 24.0. The molecule has 0 bridgehead atoms. The molecule has 0 fully saturated rings. The Morgan fingerprint density at radius 2 is 1.09 bits per heavy atom. The van der Waals surface area contributed by atoms with Crippen molar-refractivity contribution in [1.29, 1.82) is 0 Å². The van der Waals surface area contributed by atoms with Gasteiger partial charge in [-0.1, -0.05) is 53.1 Å². The molecule has 32 heavy (non-hydrogen) atoms. The minimum atomic E-state index is -3.94. The van der Waals surface area contributed by atoms with Gasteiger partial charge in [-0.2, -0.15) is 0 Å². The van der Waals surface area contributed by atoms with E-state index in [1.54, 1.807) is 12.1 Å². The fourth-order valence-electron chi connectivity index (χ4n) is 5.26. The molecule has 2 atom stereocenters. The number of sulfonamides is 1. The molecular formula is C27H34N2O2S. The highest BCUT2D eigenvalue weighted by atomic mass is 32.2. The maximum atomic E-state index is 12.6. The first kappa shape index (κ1) is 24.2. The highest BCUT2D eigenvalue weighted by Crippen LogP contribution is 2.43. The van der Waals surface area contributed by atoms with Gasteiger partial charge in [0.15, 0.2) is 0 Å². The molecule has 3 aromatic rings. The molecule has 0 unspecified atom stereocenters. The standard InChI is InChI=1S/C27H34N2O2S/c1-15-8-9-23(32(29,30)31)22(14-15)26(24-18(4)10-16(2)11-19(24)5)27(28)25-20(6)12-17(3)13-21(25)7/h8-14,26-27H,28H2,1-7H3,(H2,29,30,31)/t26-,27-/m1/s1. The zero-order valence-corrected chi connectivity index (χ0v) is 20.9. The van der Waals surface area contributed by atoms with Crippen LogP contribution in [0.3, 0.4) is 0 Å². The van der Waals surface area contributed by atoms with E-state index in [1.165, 1.54) is 5.56 Å². The summed E-state index contributed by atoms with van der Waals surface area (Å²) in [5, 5.41) is 5.67. The Balaban J connectivity index is 2.42. The van der Waals surface area contributed by atoms with E-state index in [-0.39, 0.29) is 10.8 Å². The van der Waals surface area contributed by atoms with Crippen LogP contribution in [0, 0.1) is 48.5 Å². The highest BCUT2D eigenvalue weighted by molar-refractivity contribution is 7.89. The van der Waals surface area contributed by atoms with Crippen LogP contribution in [0.5, 0.6) is 0 Å². The summed E-state index contributed by atoms with van der Waals surface area (Å²) in [5.41, 5.74) is 17.5. The van der Waals surface area contributed by atoms with Gasteiger partial charge in [-0.25, -0.2) is 13.6 Å². The van der Waals surface area contributed by atoms with Gasteiger partial charge in [-0.3, -0.25) is 0 Å². The van der Waals surface area contributed by atoms with Crippen LogP contribution in [-0.4, -0.2) is 8.42 Å². The second kappa shape index (κ2) is 8.81. The lowest BCUT2D eigenvalue weighted by atomic mass is 9.76. The summed E-state index contributed by atoms with van der Waals surface area (Å²) < 4.78 is 25.2. The molecule has 4 N–H and O–H groups in total. The second-order valence-corrected chi connectivity index (χ2v) is 10.7. The molecular weight excluding hydrogens is 416 g/mol. The molecule has 0 saturated carbocycles. The zero-order valence-electron chi connectivity index (χ0n) is 20.1. The average Bonchev–Trinajstić information content (AvgIpc) is 2.62. The van der Waals surface area contributed by atoms with Gasteiger partial charge >= 0.3 is 0 Å². The SMILES string of the molecule is Cc1cc(C)c([C@@H](c2cc(C)ccc2S(N)(=O)=O)[C@H](N)c2c(C)cc(C)cc2C)c(C)c1. The summed E-state index contributed by atoms with van der Waals surface area (Å²) in [6, 6.07) is 13.4. The van der Waals surface area contributed by atoms with Gasteiger partial charge in [0.1, 0.15) is 0 Å². The third kappa shape index (κ3) is 4.65. The normalized spacial score (nSPS) is 13.8. The number of primary sulfonamides is 1. The fraction of sp³-hybridized carbons (Fsp3) is 0.333. The van der Waals surface area contributed by atoms with E-state index in [9.17, 15) is 8.42 Å². The molecule has 3 rings (SSSR count). The molecule has 0 radical (unpaired) electrons. The van der Waals surface area contributed by atoms with Crippen LogP contribution in [0.2, 0.25) is 0 Å². The summed E-state index contributed by atoms with van der Waals surface area (Å²) in [7, 11) is -3.94. The van der Waals surface area contributed by atoms with Gasteiger partial charge < -0.3 is 5.73 Å². The third-order valence-electron chi connectivity index (χ3n) is 6.29. The molecule has 0 heterocycles. The molecule has 0 spiro atoms. The summed E-state index contributed by atoms with van der Waals surface area (Å²) in [5.74, 6) is -0.371. The van der Waals surface area contributed by atoms with Gasteiger partial charge in [0.2, 0.25) is 10.0 Å². The smallest absolute Gasteiger partial charge is 0.238 e. The van der Waals surface area contributed by atoms with Crippen LogP contribution in [0.4, 0.5) is 0 Å². The van der Waals surface area contributed by atoms with Gasteiger partial charge in [0.25, 0.3) is 0 Å². The maximum Gasteiger partial charge on any atom is 0.238 e. The van der Waals surface area contributed by atoms with E-state index in [4.69, 9.17) is 10.9 Å². The Bertz CT molecular complexity index is 1250. The van der Waals surface area contributed by atoms with Crippen molar-refractivity contribution in [3.8, 4) is 0 Å². The minimum absolute atomic E-state index is 0.130. The van der Waals surface area contributed by atoms with E-state index < -0.39 is 16.1 Å². The molecule has 0 aliphatic rings. The van der Waals surface area contributed by atoms with Gasteiger partial charge in [-0.15, -0.1) is 0 Å². The predicted octanol–water partition coefficient (Wildman–Crippen LogP) is 5.32. The highest BCUT2D eigenvalue weighted by Gasteiger charge is 2.32. The quantitative estimate of drug-likeness (QED) is 0.551. The Hall–Kier alpha value is -2.47. The molecule has 0 aliphatic carbocycles. The summed E-state index contributed by atoms with van der Waals surface area (Å²) in [6.45, 7) is 14.4. The largest absolute Gasteiger partial charge is 0.323 e. The number of aryl methyl sites for hydroxylation is 7. The van der Waals surface area contributed by atoms with Gasteiger partial charge in [-0.05, 0) is 93.5 Å². The van der Waals surface area contributed by atoms with Crippen molar-refractivity contribution in [2.45, 2.75) is 65.3 Å². The number of hydrogen-bond acceptors (Lipinski definition) is 3. The number of benzene rings is 3. The topological polar surface area (TPSA) is 86.2 Å². The van der Waals surface area contributed by atoms with Gasteiger partial charge in [0.05, 0.1) is 4.90 Å². The first-order valence-electron chi connectivity index (χ1n) is 10.9. The van der Waals surface area contributed by atoms with Crippen LogP contribution in [0.25, 0.3) is 0 Å². The van der Waals surface area contributed by atoms with Crippen molar-refractivity contribution in [2.24, 2.45) is 10.9 Å². The number of nitrogens with two attached hydrogens (primary N) is 2. The molecule has 170 valence electrons. The fourth-order valence-corrected chi connectivity index (χ4v) is 6.04. The molecule has 0 amide bonds. The van der Waals surface area contributed by atoms with E-state index in [0.29, 0.717) is 5.56 Å². The number of hydrogen-bond donors (Lipinski definition) is 2. The van der Waals surface area contributed by atoms with Crippen molar-refractivity contribution in [3.05, 3.63) is 98.1 Å². The first-order valence-corrected chi connectivity index (χ1v) is 12.4. The molecule has 0 saturated heterocycles. The lowest BCUT2D eigenvalue weighted by Crippen LogP contribution is -2.27. The average molecular weight is 451 g/mol. The maximum absolute atomic E-state index is 12.6. The predicted molar refractivity (Wildman–Crippen MR) is 133 cm³/mol. The first-order chi connectivity index (χ1) is 14.8. The van der Waals surface area contributed by atoms with Crippen molar-refractivity contribution in [3.63, 3.8) is 0 Å². The van der Waals surface area contributed by atoms with Crippen LogP contribution < -0.4 is 10.9 Å². The number of rotatable bonds is 5. The summed E-state index contributed by atoms with van der Waals surface area (Å²) >= 11 is 0. The molecule has 0 aliphatic heterocycles. The lowest BCUT2D eigenvalue weighted by Gasteiger charge is -2.32. The Morgan fingerprint density at radius 1 is 0.656 bits per heavy atom. The Morgan fingerprint density at radius 3 is 1.53 bits per heavy atom. The summed E-state index contributed by atoms with van der Waals surface area (Å²) in [6.07, 6.45) is 0. The Kier molecular flexibility index (Phi) is 6.66. The van der Waals surface area contributed by atoms with Crippen molar-refractivity contribution >= 4 is 10.0 Å². The van der Waals surface area contributed by atoms with Crippen molar-refractivity contribution < 1.29 is 8.42 Å². The molecule has 3 aromatic carbocycles. The minimum Gasteiger partial charge on any atom is -0.323 e. The van der Waals surface area contributed by atoms with Crippen LogP contribution in [0.15, 0.2) is 47.4 Å². The molecule has 5 heteroatoms. The van der Waals surface area contributed by atoms with E-state index >= 15 is 0 Å². The van der Waals surface area contributed by atoms with Crippen LogP contribution >= 0.6 is 0 Å². The van der Waals surface area contributed by atoms with Crippen LogP contribution in [-0.2, 0) is 10.0 Å². The monoisotopic (exact) mass is 450 g/mol. The molecule has 4 nitrogen and oxygen atoms in total. The molecule has 0 aromatic heterocycles. The van der Waals surface area contributed by atoms with Crippen molar-refractivity contribution in [1.82, 2.24) is 0 Å². The van der Waals surface area contributed by atoms with Crippen molar-refractivity contribution in [2.75, 3.05) is 0 Å². The van der Waals surface area contributed by atoms with Gasteiger partial charge in [0, 0.05) is 12.0 Å². The van der Waals surface area contributed by atoms with E-state index in [2.05, 4.69) is 65.8 Å². The third-order valence-corrected chi connectivity index (χ3v) is 7.27. The summed E-state index contributed by atoms with van der Waals surface area (Å²) in [4.78, 5) is 0.130. The Labute approximate surface area is 192 Å².